The van der Waals surface area contributed by atoms with E-state index in [1.54, 1.807) is 7.11 Å². The van der Waals surface area contributed by atoms with Gasteiger partial charge in [0.1, 0.15) is 11.4 Å². The Bertz CT molecular complexity index is 352. The van der Waals surface area contributed by atoms with E-state index in [1.807, 2.05) is 12.1 Å². The molecule has 88 valence electrons. The zero-order chi connectivity index (χ0) is 11.4. The number of para-hydroxylation sites is 1. The molecule has 1 heterocycles. The summed E-state index contributed by atoms with van der Waals surface area (Å²) in [6.07, 6.45) is 3.60. The Balaban J connectivity index is 2.23. The maximum absolute atomic E-state index is 5.36. The van der Waals surface area contributed by atoms with Crippen LogP contribution in [0.15, 0.2) is 18.2 Å². The van der Waals surface area contributed by atoms with Gasteiger partial charge in [0.2, 0.25) is 0 Å². The molecule has 3 heteroatoms. The van der Waals surface area contributed by atoms with E-state index in [1.165, 1.54) is 12.8 Å². The van der Waals surface area contributed by atoms with Gasteiger partial charge in [-0.05, 0) is 25.0 Å². The number of rotatable bonds is 3. The molecular formula is C13H20N2O. The summed E-state index contributed by atoms with van der Waals surface area (Å²) in [5.41, 5.74) is 2.26. The number of fused-ring (bicyclic) bond motifs is 1. The molecule has 3 nitrogen and oxygen atoms in total. The van der Waals surface area contributed by atoms with Crippen molar-refractivity contribution < 1.29 is 4.74 Å². The molecule has 0 aromatic heterocycles. The third-order valence-electron chi connectivity index (χ3n) is 3.04. The quantitative estimate of drug-likeness (QED) is 0.821. The lowest BCUT2D eigenvalue weighted by Gasteiger charge is -2.17. The maximum atomic E-state index is 5.36. The van der Waals surface area contributed by atoms with Crippen LogP contribution in [0.1, 0.15) is 26.2 Å². The summed E-state index contributed by atoms with van der Waals surface area (Å²) in [7, 11) is 1.71. The van der Waals surface area contributed by atoms with Gasteiger partial charge in [-0.25, -0.2) is 0 Å². The van der Waals surface area contributed by atoms with Gasteiger partial charge in [-0.3, -0.25) is 0 Å². The third kappa shape index (κ3) is 2.23. The largest absolute Gasteiger partial charge is 0.495 e. The van der Waals surface area contributed by atoms with Crippen molar-refractivity contribution in [1.29, 1.82) is 0 Å². The van der Waals surface area contributed by atoms with Crippen LogP contribution in [0.5, 0.6) is 5.75 Å². The third-order valence-corrected chi connectivity index (χ3v) is 3.04. The Kier molecular flexibility index (Phi) is 3.54. The molecule has 0 amide bonds. The number of methoxy groups -OCH3 is 1. The summed E-state index contributed by atoms with van der Waals surface area (Å²) in [5.74, 6) is 0.919. The van der Waals surface area contributed by atoms with Gasteiger partial charge in [0.15, 0.2) is 0 Å². The van der Waals surface area contributed by atoms with Crippen molar-refractivity contribution in [3.63, 3.8) is 0 Å². The molecule has 1 unspecified atom stereocenters. The summed E-state index contributed by atoms with van der Waals surface area (Å²) in [5, 5.41) is 7.04. The highest BCUT2D eigenvalue weighted by Crippen LogP contribution is 2.34. The fourth-order valence-corrected chi connectivity index (χ4v) is 2.23. The molecule has 0 aliphatic carbocycles. The highest BCUT2D eigenvalue weighted by molar-refractivity contribution is 5.76. The van der Waals surface area contributed by atoms with Gasteiger partial charge in [-0.15, -0.1) is 0 Å². The fraction of sp³-hybridized carbons (Fsp3) is 0.538. The molecule has 0 spiro atoms. The number of ether oxygens (including phenoxy) is 1. The van der Waals surface area contributed by atoms with Crippen molar-refractivity contribution in [1.82, 2.24) is 0 Å². The topological polar surface area (TPSA) is 33.3 Å². The van der Waals surface area contributed by atoms with Gasteiger partial charge < -0.3 is 15.4 Å². The minimum absolute atomic E-state index is 0.575. The average Bonchev–Trinajstić information content (AvgIpc) is 2.50. The molecule has 1 aromatic carbocycles. The molecule has 16 heavy (non-hydrogen) atoms. The molecular weight excluding hydrogens is 200 g/mol. The van der Waals surface area contributed by atoms with Crippen LogP contribution in [0.2, 0.25) is 0 Å². The van der Waals surface area contributed by atoms with E-state index in [0.29, 0.717) is 6.04 Å². The van der Waals surface area contributed by atoms with E-state index in [0.717, 1.165) is 30.1 Å². The van der Waals surface area contributed by atoms with Crippen LogP contribution in [-0.2, 0) is 0 Å². The van der Waals surface area contributed by atoms with Crippen molar-refractivity contribution in [2.24, 2.45) is 0 Å². The van der Waals surface area contributed by atoms with E-state index in [-0.39, 0.29) is 0 Å². The highest BCUT2D eigenvalue weighted by Gasteiger charge is 2.16. The SMILES string of the molecule is CCCC1CCNc2c(cccc2OC)N1. The van der Waals surface area contributed by atoms with Crippen LogP contribution in [0.4, 0.5) is 11.4 Å². The summed E-state index contributed by atoms with van der Waals surface area (Å²) in [6.45, 7) is 3.23. The molecule has 2 rings (SSSR count). The predicted octanol–water partition coefficient (Wildman–Crippen LogP) is 3.09. The maximum Gasteiger partial charge on any atom is 0.144 e. The van der Waals surface area contributed by atoms with Gasteiger partial charge >= 0.3 is 0 Å². The van der Waals surface area contributed by atoms with Crippen molar-refractivity contribution in [3.05, 3.63) is 18.2 Å². The Morgan fingerprint density at radius 1 is 1.44 bits per heavy atom. The monoisotopic (exact) mass is 220 g/mol. The zero-order valence-corrected chi connectivity index (χ0v) is 10.0. The van der Waals surface area contributed by atoms with Crippen molar-refractivity contribution >= 4 is 11.4 Å². The molecule has 0 fully saturated rings. The summed E-state index contributed by atoms with van der Waals surface area (Å²) in [6, 6.07) is 6.71. The molecule has 0 saturated carbocycles. The highest BCUT2D eigenvalue weighted by atomic mass is 16.5. The zero-order valence-electron chi connectivity index (χ0n) is 10.0. The van der Waals surface area contributed by atoms with Gasteiger partial charge in [0.25, 0.3) is 0 Å². The first-order valence-corrected chi connectivity index (χ1v) is 6.02. The fourth-order valence-electron chi connectivity index (χ4n) is 2.23. The molecule has 0 bridgehead atoms. The van der Waals surface area contributed by atoms with Crippen LogP contribution < -0.4 is 15.4 Å². The lowest BCUT2D eigenvalue weighted by Crippen LogP contribution is -2.19. The molecule has 0 radical (unpaired) electrons. The van der Waals surface area contributed by atoms with E-state index in [2.05, 4.69) is 23.6 Å². The number of anilines is 2. The second-order valence-electron chi connectivity index (χ2n) is 4.23. The van der Waals surface area contributed by atoms with Gasteiger partial charge in [-0.2, -0.15) is 0 Å². The van der Waals surface area contributed by atoms with Gasteiger partial charge in [0, 0.05) is 12.6 Å². The first-order chi connectivity index (χ1) is 7.85. The van der Waals surface area contributed by atoms with Crippen molar-refractivity contribution in [2.45, 2.75) is 32.2 Å². The summed E-state index contributed by atoms with van der Waals surface area (Å²) >= 11 is 0. The van der Waals surface area contributed by atoms with Gasteiger partial charge in [-0.1, -0.05) is 19.4 Å². The van der Waals surface area contributed by atoms with Gasteiger partial charge in [0.05, 0.1) is 12.8 Å². The molecule has 1 aliphatic heterocycles. The Morgan fingerprint density at radius 3 is 3.06 bits per heavy atom. The first kappa shape index (κ1) is 11.1. The molecule has 0 saturated heterocycles. The Hall–Kier alpha value is -1.38. The normalized spacial score (nSPS) is 19.0. The van der Waals surface area contributed by atoms with E-state index < -0.39 is 0 Å². The average molecular weight is 220 g/mol. The second kappa shape index (κ2) is 5.10. The van der Waals surface area contributed by atoms with Crippen LogP contribution in [0, 0.1) is 0 Å². The Morgan fingerprint density at radius 2 is 2.31 bits per heavy atom. The number of hydrogen-bond donors (Lipinski definition) is 2. The van der Waals surface area contributed by atoms with Crippen LogP contribution in [0.3, 0.4) is 0 Å². The number of hydrogen-bond acceptors (Lipinski definition) is 3. The lowest BCUT2D eigenvalue weighted by atomic mass is 10.1. The summed E-state index contributed by atoms with van der Waals surface area (Å²) < 4.78 is 5.36. The van der Waals surface area contributed by atoms with Crippen molar-refractivity contribution in [2.75, 3.05) is 24.3 Å². The first-order valence-electron chi connectivity index (χ1n) is 6.02. The summed E-state index contributed by atoms with van der Waals surface area (Å²) in [4.78, 5) is 0. The van der Waals surface area contributed by atoms with E-state index in [9.17, 15) is 0 Å². The van der Waals surface area contributed by atoms with Crippen molar-refractivity contribution in [3.8, 4) is 5.75 Å². The minimum Gasteiger partial charge on any atom is -0.495 e. The van der Waals surface area contributed by atoms with Crippen LogP contribution >= 0.6 is 0 Å². The minimum atomic E-state index is 0.575. The number of nitrogens with one attached hydrogen (secondary N) is 2. The molecule has 2 N–H and O–H groups in total. The lowest BCUT2D eigenvalue weighted by molar-refractivity contribution is 0.416. The van der Waals surface area contributed by atoms with E-state index >= 15 is 0 Å². The van der Waals surface area contributed by atoms with E-state index in [4.69, 9.17) is 4.74 Å². The number of benzene rings is 1. The second-order valence-corrected chi connectivity index (χ2v) is 4.23. The molecule has 1 aliphatic rings. The van der Waals surface area contributed by atoms with Crippen LogP contribution in [0.25, 0.3) is 0 Å². The Labute approximate surface area is 97.2 Å². The smallest absolute Gasteiger partial charge is 0.144 e. The predicted molar refractivity (Wildman–Crippen MR) is 68.4 cm³/mol. The molecule has 1 aromatic rings. The van der Waals surface area contributed by atoms with Crippen LogP contribution in [-0.4, -0.2) is 19.7 Å². The standard InChI is InChI=1S/C13H20N2O/c1-3-5-10-8-9-14-13-11(15-10)6-4-7-12(13)16-2/h4,6-7,10,14-15H,3,5,8-9H2,1-2H3. The molecule has 1 atom stereocenters.